The van der Waals surface area contributed by atoms with Crippen LogP contribution in [0.5, 0.6) is 5.75 Å². The largest absolute Gasteiger partial charge is 0.482 e. The first-order valence-electron chi connectivity index (χ1n) is 7.65. The highest BCUT2D eigenvalue weighted by molar-refractivity contribution is 9.10. The van der Waals surface area contributed by atoms with E-state index in [4.69, 9.17) is 16.3 Å². The Morgan fingerprint density at radius 1 is 1.28 bits per heavy atom. The summed E-state index contributed by atoms with van der Waals surface area (Å²) in [6.07, 6.45) is 0. The number of nitrogens with zero attached hydrogens (tertiary/aromatic N) is 2. The first-order chi connectivity index (χ1) is 11.9. The van der Waals surface area contributed by atoms with Crippen LogP contribution in [-0.4, -0.2) is 36.9 Å². The third-order valence-electron chi connectivity index (χ3n) is 3.92. The molecule has 7 heteroatoms. The van der Waals surface area contributed by atoms with E-state index < -0.39 is 0 Å². The molecule has 25 heavy (non-hydrogen) atoms. The predicted octanol–water partition coefficient (Wildman–Crippen LogP) is 3.49. The van der Waals surface area contributed by atoms with Crippen LogP contribution in [-0.2, 0) is 16.1 Å². The van der Waals surface area contributed by atoms with Crippen molar-refractivity contribution in [1.82, 2.24) is 4.90 Å². The molecule has 5 nitrogen and oxygen atoms in total. The lowest BCUT2D eigenvalue weighted by atomic mass is 10.2. The second kappa shape index (κ2) is 7.45. The average Bonchev–Trinajstić information content (AvgIpc) is 2.59. The van der Waals surface area contributed by atoms with Gasteiger partial charge in [-0.05, 0) is 35.9 Å². The van der Waals surface area contributed by atoms with Crippen LogP contribution in [0.4, 0.5) is 5.69 Å². The monoisotopic (exact) mass is 422 g/mol. The molecular formula is C18H16BrClN2O3. The van der Waals surface area contributed by atoms with Crippen molar-refractivity contribution in [2.45, 2.75) is 6.54 Å². The van der Waals surface area contributed by atoms with Crippen molar-refractivity contribution in [1.29, 1.82) is 0 Å². The van der Waals surface area contributed by atoms with Crippen molar-refractivity contribution in [2.75, 3.05) is 25.1 Å². The summed E-state index contributed by atoms with van der Waals surface area (Å²) in [4.78, 5) is 27.8. The van der Waals surface area contributed by atoms with Gasteiger partial charge in [-0.15, -0.1) is 0 Å². The Bertz CT molecular complexity index is 810. The fourth-order valence-electron chi connectivity index (χ4n) is 2.56. The minimum Gasteiger partial charge on any atom is -0.482 e. The van der Waals surface area contributed by atoms with E-state index in [0.717, 1.165) is 10.0 Å². The molecule has 0 aliphatic carbocycles. The predicted molar refractivity (Wildman–Crippen MR) is 99.9 cm³/mol. The van der Waals surface area contributed by atoms with Crippen LogP contribution in [0.1, 0.15) is 5.56 Å². The summed E-state index contributed by atoms with van der Waals surface area (Å²) in [7, 11) is 1.72. The van der Waals surface area contributed by atoms with Crippen LogP contribution in [0.15, 0.2) is 46.9 Å². The molecule has 0 aromatic heterocycles. The van der Waals surface area contributed by atoms with E-state index >= 15 is 0 Å². The minimum absolute atomic E-state index is 0.0530. The molecule has 0 unspecified atom stereocenters. The molecule has 0 fully saturated rings. The summed E-state index contributed by atoms with van der Waals surface area (Å²) in [5, 5.41) is 0.484. The van der Waals surface area contributed by atoms with E-state index in [2.05, 4.69) is 15.9 Å². The zero-order valence-electron chi connectivity index (χ0n) is 13.5. The topological polar surface area (TPSA) is 49.9 Å². The molecule has 0 spiro atoms. The Kier molecular flexibility index (Phi) is 5.30. The number of rotatable bonds is 4. The molecule has 1 heterocycles. The first-order valence-corrected chi connectivity index (χ1v) is 8.82. The quantitative estimate of drug-likeness (QED) is 0.756. The molecule has 2 aromatic rings. The fourth-order valence-corrected chi connectivity index (χ4v) is 2.99. The van der Waals surface area contributed by atoms with E-state index in [1.807, 2.05) is 24.3 Å². The lowest BCUT2D eigenvalue weighted by molar-refractivity contribution is -0.131. The zero-order valence-corrected chi connectivity index (χ0v) is 15.9. The maximum atomic E-state index is 12.6. The van der Waals surface area contributed by atoms with Crippen molar-refractivity contribution in [3.8, 4) is 5.75 Å². The van der Waals surface area contributed by atoms with Crippen molar-refractivity contribution >= 4 is 45.0 Å². The first kappa shape index (κ1) is 17.8. The Labute approximate surface area is 159 Å². The number of likely N-dealkylation sites (N-methyl/N-ethyl adjacent to an activating group) is 1. The fraction of sp³-hybridized carbons (Fsp3) is 0.222. The van der Waals surface area contributed by atoms with Crippen LogP contribution < -0.4 is 9.64 Å². The standard InChI is InChI=1S/C18H16BrClN2O3/c1-21(9-12-2-4-13(19)5-3-12)17(23)10-22-15-8-14(20)6-7-16(15)25-11-18(22)24/h2-8H,9-11H2,1H3. The third-order valence-corrected chi connectivity index (χ3v) is 4.68. The molecule has 130 valence electrons. The number of hydrogen-bond acceptors (Lipinski definition) is 3. The normalized spacial score (nSPS) is 13.2. The van der Waals surface area contributed by atoms with Crippen LogP contribution in [0, 0.1) is 0 Å². The SMILES string of the molecule is CN(Cc1ccc(Br)cc1)C(=O)CN1C(=O)COc2ccc(Cl)cc21. The Morgan fingerprint density at radius 3 is 2.72 bits per heavy atom. The van der Waals surface area contributed by atoms with Crippen molar-refractivity contribution < 1.29 is 14.3 Å². The summed E-state index contributed by atoms with van der Waals surface area (Å²) >= 11 is 9.40. The Hall–Kier alpha value is -2.05. The summed E-state index contributed by atoms with van der Waals surface area (Å²) in [5.74, 6) is 0.122. The number of halogens is 2. The molecule has 0 saturated heterocycles. The van der Waals surface area contributed by atoms with E-state index in [9.17, 15) is 9.59 Å². The molecular weight excluding hydrogens is 408 g/mol. The molecule has 2 amide bonds. The Morgan fingerprint density at radius 2 is 2.00 bits per heavy atom. The highest BCUT2D eigenvalue weighted by atomic mass is 79.9. The van der Waals surface area contributed by atoms with Gasteiger partial charge in [-0.2, -0.15) is 0 Å². The van der Waals surface area contributed by atoms with Gasteiger partial charge in [0.25, 0.3) is 5.91 Å². The number of carbonyl (C=O) groups excluding carboxylic acids is 2. The molecule has 0 bridgehead atoms. The second-order valence-electron chi connectivity index (χ2n) is 5.76. The van der Waals surface area contributed by atoms with Gasteiger partial charge in [0.2, 0.25) is 5.91 Å². The molecule has 0 saturated carbocycles. The van der Waals surface area contributed by atoms with Gasteiger partial charge in [-0.3, -0.25) is 14.5 Å². The molecule has 0 N–H and O–H groups in total. The molecule has 1 aliphatic rings. The molecule has 1 aliphatic heterocycles. The van der Waals surface area contributed by atoms with Gasteiger partial charge in [0.15, 0.2) is 6.61 Å². The van der Waals surface area contributed by atoms with Crippen LogP contribution in [0.25, 0.3) is 0 Å². The van der Waals surface area contributed by atoms with Gasteiger partial charge in [-0.1, -0.05) is 39.7 Å². The van der Waals surface area contributed by atoms with Gasteiger partial charge in [0, 0.05) is 23.1 Å². The van der Waals surface area contributed by atoms with Crippen molar-refractivity contribution in [3.05, 3.63) is 57.5 Å². The highest BCUT2D eigenvalue weighted by Crippen LogP contribution is 2.34. The summed E-state index contributed by atoms with van der Waals surface area (Å²) in [6, 6.07) is 12.8. The van der Waals surface area contributed by atoms with Crippen LogP contribution in [0.3, 0.4) is 0 Å². The van der Waals surface area contributed by atoms with E-state index in [1.54, 1.807) is 30.1 Å². The van der Waals surface area contributed by atoms with Crippen molar-refractivity contribution in [3.63, 3.8) is 0 Å². The van der Waals surface area contributed by atoms with Gasteiger partial charge in [0.05, 0.1) is 5.69 Å². The van der Waals surface area contributed by atoms with Crippen LogP contribution in [0.2, 0.25) is 5.02 Å². The summed E-state index contributed by atoms with van der Waals surface area (Å²) < 4.78 is 6.37. The number of ether oxygens (including phenoxy) is 1. The van der Waals surface area contributed by atoms with E-state index in [-0.39, 0.29) is 25.0 Å². The van der Waals surface area contributed by atoms with E-state index in [0.29, 0.717) is 23.0 Å². The molecule has 3 rings (SSSR count). The average molecular weight is 424 g/mol. The number of fused-ring (bicyclic) bond motifs is 1. The zero-order chi connectivity index (χ0) is 18.0. The van der Waals surface area contributed by atoms with Crippen LogP contribution >= 0.6 is 27.5 Å². The number of benzene rings is 2. The maximum absolute atomic E-state index is 12.6. The van der Waals surface area contributed by atoms with Gasteiger partial charge in [0.1, 0.15) is 12.3 Å². The molecule has 0 radical (unpaired) electrons. The highest BCUT2D eigenvalue weighted by Gasteiger charge is 2.28. The van der Waals surface area contributed by atoms with Gasteiger partial charge >= 0.3 is 0 Å². The number of carbonyl (C=O) groups is 2. The third kappa shape index (κ3) is 4.14. The second-order valence-corrected chi connectivity index (χ2v) is 7.11. The van der Waals surface area contributed by atoms with Gasteiger partial charge in [-0.25, -0.2) is 0 Å². The van der Waals surface area contributed by atoms with Crippen molar-refractivity contribution in [2.24, 2.45) is 0 Å². The maximum Gasteiger partial charge on any atom is 0.265 e. The summed E-state index contributed by atoms with van der Waals surface area (Å²) in [5.41, 5.74) is 1.53. The minimum atomic E-state index is -0.264. The molecule has 2 aromatic carbocycles. The lowest BCUT2D eigenvalue weighted by Gasteiger charge is -2.30. The van der Waals surface area contributed by atoms with Gasteiger partial charge < -0.3 is 9.64 Å². The number of amides is 2. The summed E-state index contributed by atoms with van der Waals surface area (Å²) in [6.45, 7) is 0.327. The smallest absolute Gasteiger partial charge is 0.265 e. The van der Waals surface area contributed by atoms with E-state index in [1.165, 1.54) is 4.90 Å². The number of anilines is 1. The number of hydrogen-bond donors (Lipinski definition) is 0. The molecule has 0 atom stereocenters. The lowest BCUT2D eigenvalue weighted by Crippen LogP contribution is -2.45. The Balaban J connectivity index is 1.73.